The minimum Gasteiger partial charge on any atom is -0.512 e. The molecule has 3 nitrogen and oxygen atoms in total. The van der Waals surface area contributed by atoms with Gasteiger partial charge in [0.2, 0.25) is 0 Å². The van der Waals surface area contributed by atoms with E-state index in [2.05, 4.69) is 0 Å². The van der Waals surface area contributed by atoms with Crippen molar-refractivity contribution in [2.75, 3.05) is 0 Å². The Hall–Kier alpha value is -1.48. The van der Waals surface area contributed by atoms with Gasteiger partial charge in [0.15, 0.2) is 5.76 Å². The van der Waals surface area contributed by atoms with Gasteiger partial charge in [0, 0.05) is 0 Å². The van der Waals surface area contributed by atoms with E-state index >= 15 is 0 Å². The zero-order valence-corrected chi connectivity index (χ0v) is 6.38. The molecule has 0 aromatic heterocycles. The molecule has 0 aliphatic rings. The second-order valence-corrected chi connectivity index (χ2v) is 2.37. The lowest BCUT2D eigenvalue weighted by Crippen LogP contribution is -2.00. The Morgan fingerprint density at radius 1 is 1.25 bits per heavy atom. The molecule has 3 N–H and O–H groups in total. The molecule has 12 heavy (non-hydrogen) atoms. The lowest BCUT2D eigenvalue weighted by atomic mass is 10.1. The van der Waals surface area contributed by atoms with Gasteiger partial charge in [-0.25, -0.2) is 0 Å². The summed E-state index contributed by atoms with van der Waals surface area (Å²) >= 11 is 0. The molecule has 0 amide bonds. The highest BCUT2D eigenvalue weighted by molar-refractivity contribution is 5.22. The molecule has 0 spiro atoms. The zero-order chi connectivity index (χ0) is 8.97. The van der Waals surface area contributed by atoms with E-state index in [0.29, 0.717) is 11.8 Å². The number of rotatable bonds is 2. The van der Waals surface area contributed by atoms with E-state index in [1.807, 2.05) is 0 Å². The van der Waals surface area contributed by atoms with Crippen LogP contribution in [0.3, 0.4) is 0 Å². The molecule has 0 heterocycles. The Kier molecular flexibility index (Phi) is 2.71. The van der Waals surface area contributed by atoms with Crippen molar-refractivity contribution in [3.63, 3.8) is 0 Å². The van der Waals surface area contributed by atoms with E-state index in [9.17, 15) is 5.11 Å². The second-order valence-electron chi connectivity index (χ2n) is 2.37. The largest absolute Gasteiger partial charge is 0.512 e. The third-order valence-corrected chi connectivity index (χ3v) is 1.53. The number of aliphatic hydroxyl groups is 3. The topological polar surface area (TPSA) is 60.7 Å². The average molecular weight is 166 g/mol. The maximum absolute atomic E-state index is 9.31. The number of hydrogen-bond acceptors (Lipinski definition) is 3. The Bertz CT molecular complexity index is 266. The molecule has 1 unspecified atom stereocenters. The quantitative estimate of drug-likeness (QED) is 0.586. The summed E-state index contributed by atoms with van der Waals surface area (Å²) in [6, 6.07) is 8.59. The Labute approximate surface area is 70.2 Å². The van der Waals surface area contributed by atoms with E-state index in [4.69, 9.17) is 10.2 Å². The van der Waals surface area contributed by atoms with Crippen LogP contribution in [0.2, 0.25) is 0 Å². The monoisotopic (exact) mass is 166 g/mol. The lowest BCUT2D eigenvalue weighted by molar-refractivity contribution is 0.147. The van der Waals surface area contributed by atoms with Crippen LogP contribution in [0.4, 0.5) is 0 Å². The minimum absolute atomic E-state index is 0.457. The molecule has 1 aromatic carbocycles. The Balaban J connectivity index is 2.86. The Morgan fingerprint density at radius 3 is 2.33 bits per heavy atom. The van der Waals surface area contributed by atoms with Crippen LogP contribution in [0.5, 0.6) is 0 Å². The van der Waals surface area contributed by atoms with Crippen molar-refractivity contribution < 1.29 is 15.3 Å². The molecule has 0 radical (unpaired) electrons. The highest BCUT2D eigenvalue weighted by atomic mass is 16.3. The van der Waals surface area contributed by atoms with E-state index in [0.717, 1.165) is 0 Å². The van der Waals surface area contributed by atoms with Gasteiger partial charge >= 0.3 is 0 Å². The third kappa shape index (κ3) is 1.77. The number of benzene rings is 1. The van der Waals surface area contributed by atoms with Gasteiger partial charge in [-0.1, -0.05) is 30.3 Å². The summed E-state index contributed by atoms with van der Waals surface area (Å²) in [6.07, 6.45) is -0.659. The second kappa shape index (κ2) is 3.78. The van der Waals surface area contributed by atoms with Gasteiger partial charge in [0.1, 0.15) is 12.4 Å². The molecular weight excluding hydrogens is 156 g/mol. The molecule has 0 bridgehead atoms. The average Bonchev–Trinajstić information content (AvgIpc) is 2.17. The van der Waals surface area contributed by atoms with Crippen molar-refractivity contribution in [2.24, 2.45) is 0 Å². The van der Waals surface area contributed by atoms with Gasteiger partial charge in [-0.15, -0.1) is 0 Å². The normalized spacial score (nSPS) is 14.2. The van der Waals surface area contributed by atoms with Crippen molar-refractivity contribution in [1.82, 2.24) is 0 Å². The smallest absolute Gasteiger partial charge is 0.160 e. The molecule has 0 saturated carbocycles. The predicted octanol–water partition coefficient (Wildman–Crippen LogP) is 1.68. The summed E-state index contributed by atoms with van der Waals surface area (Å²) in [5.41, 5.74) is 0.542. The van der Waals surface area contributed by atoms with Crippen molar-refractivity contribution >= 4 is 0 Å². The molecule has 1 aromatic rings. The van der Waals surface area contributed by atoms with Crippen LogP contribution in [0.25, 0.3) is 0 Å². The highest BCUT2D eigenvalue weighted by Crippen LogP contribution is 2.17. The first-order valence-electron chi connectivity index (χ1n) is 3.52. The van der Waals surface area contributed by atoms with Crippen LogP contribution in [-0.4, -0.2) is 15.3 Å². The van der Waals surface area contributed by atoms with Gasteiger partial charge in [-0.05, 0) is 5.56 Å². The molecule has 0 fully saturated rings. The molecule has 1 rings (SSSR count). The van der Waals surface area contributed by atoms with Crippen LogP contribution < -0.4 is 0 Å². The molecule has 3 heteroatoms. The number of aliphatic hydroxyl groups excluding tert-OH is 3. The molecular formula is C9H10O3. The summed E-state index contributed by atoms with van der Waals surface area (Å²) in [6.45, 7) is 0. The SMILES string of the molecule is OC=C(O)C(O)c1ccccc1. The third-order valence-electron chi connectivity index (χ3n) is 1.53. The van der Waals surface area contributed by atoms with Crippen LogP contribution in [-0.2, 0) is 0 Å². The fraction of sp³-hybridized carbons (Fsp3) is 0.111. The number of hydrogen-bond donors (Lipinski definition) is 3. The van der Waals surface area contributed by atoms with Crippen LogP contribution in [0.15, 0.2) is 42.4 Å². The molecule has 0 saturated heterocycles. The van der Waals surface area contributed by atoms with Crippen molar-refractivity contribution in [3.05, 3.63) is 47.9 Å². The lowest BCUT2D eigenvalue weighted by Gasteiger charge is -2.07. The van der Waals surface area contributed by atoms with Gasteiger partial charge in [0.25, 0.3) is 0 Å². The first-order valence-corrected chi connectivity index (χ1v) is 3.52. The summed E-state index contributed by atoms with van der Waals surface area (Å²) in [5.74, 6) is -0.457. The fourth-order valence-corrected chi connectivity index (χ4v) is 0.877. The minimum atomic E-state index is -1.14. The molecule has 1 atom stereocenters. The first kappa shape index (κ1) is 8.62. The summed E-state index contributed by atoms with van der Waals surface area (Å²) in [7, 11) is 0. The summed E-state index contributed by atoms with van der Waals surface area (Å²) in [5, 5.41) is 26.6. The zero-order valence-electron chi connectivity index (χ0n) is 6.38. The van der Waals surface area contributed by atoms with Crippen molar-refractivity contribution in [3.8, 4) is 0 Å². The molecule has 0 aliphatic heterocycles. The maximum atomic E-state index is 9.31. The molecule has 0 aliphatic carbocycles. The fourth-order valence-electron chi connectivity index (χ4n) is 0.877. The van der Waals surface area contributed by atoms with Crippen molar-refractivity contribution in [1.29, 1.82) is 0 Å². The van der Waals surface area contributed by atoms with Crippen LogP contribution >= 0.6 is 0 Å². The standard InChI is InChI=1S/C9H10O3/c10-6-8(11)9(12)7-4-2-1-3-5-7/h1-6,9-12H. The van der Waals surface area contributed by atoms with Crippen LogP contribution in [0.1, 0.15) is 11.7 Å². The summed E-state index contributed by atoms with van der Waals surface area (Å²) in [4.78, 5) is 0. The van der Waals surface area contributed by atoms with Crippen molar-refractivity contribution in [2.45, 2.75) is 6.10 Å². The van der Waals surface area contributed by atoms with E-state index in [-0.39, 0.29) is 0 Å². The molecule has 64 valence electrons. The Morgan fingerprint density at radius 2 is 1.83 bits per heavy atom. The van der Waals surface area contributed by atoms with Crippen LogP contribution in [0, 0.1) is 0 Å². The first-order chi connectivity index (χ1) is 5.75. The van der Waals surface area contributed by atoms with Gasteiger partial charge in [0.05, 0.1) is 0 Å². The maximum Gasteiger partial charge on any atom is 0.160 e. The predicted molar refractivity (Wildman–Crippen MR) is 44.7 cm³/mol. The van der Waals surface area contributed by atoms with Gasteiger partial charge < -0.3 is 15.3 Å². The summed E-state index contributed by atoms with van der Waals surface area (Å²) < 4.78 is 0. The van der Waals surface area contributed by atoms with E-state index in [1.165, 1.54) is 0 Å². The van der Waals surface area contributed by atoms with E-state index in [1.54, 1.807) is 30.3 Å². The van der Waals surface area contributed by atoms with Gasteiger partial charge in [-0.3, -0.25) is 0 Å². The van der Waals surface area contributed by atoms with Gasteiger partial charge in [-0.2, -0.15) is 0 Å². The highest BCUT2D eigenvalue weighted by Gasteiger charge is 2.10. The van der Waals surface area contributed by atoms with E-state index < -0.39 is 11.9 Å².